The van der Waals surface area contributed by atoms with Gasteiger partial charge in [-0.2, -0.15) is 10.2 Å². The fourth-order valence-electron chi connectivity index (χ4n) is 4.75. The van der Waals surface area contributed by atoms with Gasteiger partial charge >= 0.3 is 0 Å². The van der Waals surface area contributed by atoms with Crippen LogP contribution in [0, 0.1) is 11.6 Å². The summed E-state index contributed by atoms with van der Waals surface area (Å²) in [7, 11) is 0. The number of rotatable bonds is 6. The number of aromatic amines is 1. The van der Waals surface area contributed by atoms with Gasteiger partial charge in [0.15, 0.2) is 17.2 Å². The summed E-state index contributed by atoms with van der Waals surface area (Å²) in [5, 5.41) is 11.6. The third-order valence-electron chi connectivity index (χ3n) is 6.52. The summed E-state index contributed by atoms with van der Waals surface area (Å²) in [5.74, 6) is -0.824. The highest BCUT2D eigenvalue weighted by atomic mass is 19.1. The molecule has 0 saturated heterocycles. The Morgan fingerprint density at radius 2 is 1.88 bits per heavy atom. The maximum atomic E-state index is 15.0. The number of H-pyrrole nitrogens is 1. The van der Waals surface area contributed by atoms with Gasteiger partial charge < -0.3 is 14.9 Å². The van der Waals surface area contributed by atoms with E-state index in [-0.39, 0.29) is 40.0 Å². The number of aromatic nitrogens is 6. The van der Waals surface area contributed by atoms with Gasteiger partial charge in [-0.05, 0) is 51.1 Å². The lowest BCUT2D eigenvalue weighted by atomic mass is 10.0. The van der Waals surface area contributed by atoms with Crippen LogP contribution >= 0.6 is 0 Å². The second-order valence-corrected chi connectivity index (χ2v) is 9.51. The summed E-state index contributed by atoms with van der Waals surface area (Å²) in [6.07, 6.45) is 4.05. The lowest BCUT2D eigenvalue weighted by molar-refractivity contribution is 0.231. The van der Waals surface area contributed by atoms with Gasteiger partial charge in [-0.25, -0.2) is 23.4 Å². The van der Waals surface area contributed by atoms with Crippen molar-refractivity contribution in [1.29, 1.82) is 0 Å². The minimum atomic E-state index is -0.746. The SMILES string of the molecule is CC(C)Oc1ccc(-c2nn([C@H](C)c3oc4cccc(F)c4c(=O)c3-c3cn[nH]c3)c3ncnc(N)c23)cc1F. The molecule has 1 atom stereocenters. The molecule has 0 radical (unpaired) electrons. The van der Waals surface area contributed by atoms with Crippen molar-refractivity contribution >= 4 is 27.8 Å². The van der Waals surface area contributed by atoms with E-state index in [9.17, 15) is 13.6 Å². The van der Waals surface area contributed by atoms with E-state index in [1.807, 2.05) is 0 Å². The Kier molecular flexibility index (Phi) is 6.01. The summed E-state index contributed by atoms with van der Waals surface area (Å²) in [5.41, 5.74) is 7.38. The molecule has 6 aromatic rings. The highest BCUT2D eigenvalue weighted by molar-refractivity contribution is 5.98. The van der Waals surface area contributed by atoms with Crippen LogP contribution in [0.1, 0.15) is 32.6 Å². The number of hydrogen-bond donors (Lipinski definition) is 2. The van der Waals surface area contributed by atoms with E-state index in [2.05, 4.69) is 20.2 Å². The Labute approximate surface area is 225 Å². The normalized spacial score (nSPS) is 12.4. The van der Waals surface area contributed by atoms with Crippen molar-refractivity contribution in [3.63, 3.8) is 0 Å². The first-order valence-electron chi connectivity index (χ1n) is 12.4. The number of nitrogens with two attached hydrogens (primary N) is 1. The maximum absolute atomic E-state index is 15.0. The molecule has 4 aromatic heterocycles. The van der Waals surface area contributed by atoms with Crippen LogP contribution in [0.5, 0.6) is 5.75 Å². The van der Waals surface area contributed by atoms with Gasteiger partial charge in [-0.3, -0.25) is 9.89 Å². The van der Waals surface area contributed by atoms with Crippen LogP contribution in [0.15, 0.2) is 64.3 Å². The average molecular weight is 544 g/mol. The largest absolute Gasteiger partial charge is 0.488 e. The van der Waals surface area contributed by atoms with Crippen LogP contribution in [-0.2, 0) is 0 Å². The maximum Gasteiger partial charge on any atom is 0.203 e. The molecule has 4 heterocycles. The molecule has 2 aromatic carbocycles. The Hall–Kier alpha value is -5.13. The number of anilines is 1. The first-order valence-corrected chi connectivity index (χ1v) is 12.4. The Morgan fingerprint density at radius 3 is 2.60 bits per heavy atom. The van der Waals surface area contributed by atoms with Crippen molar-refractivity contribution in [3.05, 3.63) is 82.7 Å². The van der Waals surface area contributed by atoms with Gasteiger partial charge in [0.1, 0.15) is 46.4 Å². The Bertz CT molecular complexity index is 1950. The molecule has 0 saturated carbocycles. The molecule has 0 fully saturated rings. The van der Waals surface area contributed by atoms with E-state index in [1.54, 1.807) is 26.8 Å². The highest BCUT2D eigenvalue weighted by Gasteiger charge is 2.28. The van der Waals surface area contributed by atoms with Crippen LogP contribution in [-0.4, -0.2) is 36.0 Å². The predicted molar refractivity (Wildman–Crippen MR) is 145 cm³/mol. The summed E-state index contributed by atoms with van der Waals surface area (Å²) in [4.78, 5) is 22.1. The van der Waals surface area contributed by atoms with Gasteiger partial charge in [0.2, 0.25) is 5.43 Å². The third-order valence-corrected chi connectivity index (χ3v) is 6.52. The van der Waals surface area contributed by atoms with Crippen LogP contribution in [0.3, 0.4) is 0 Å². The van der Waals surface area contributed by atoms with Gasteiger partial charge in [-0.15, -0.1) is 0 Å². The van der Waals surface area contributed by atoms with E-state index >= 15 is 0 Å². The van der Waals surface area contributed by atoms with Gasteiger partial charge in [-0.1, -0.05) is 6.07 Å². The monoisotopic (exact) mass is 543 g/mol. The minimum Gasteiger partial charge on any atom is -0.488 e. The van der Waals surface area contributed by atoms with Crippen LogP contribution in [0.25, 0.3) is 44.4 Å². The van der Waals surface area contributed by atoms with Crippen molar-refractivity contribution in [2.45, 2.75) is 32.9 Å². The molecule has 0 bridgehead atoms. The number of benzene rings is 2. The highest BCUT2D eigenvalue weighted by Crippen LogP contribution is 2.37. The smallest absolute Gasteiger partial charge is 0.203 e. The number of nitrogen functional groups attached to an aromatic ring is 1. The molecule has 0 aliphatic rings. The van der Waals surface area contributed by atoms with Crippen molar-refractivity contribution in [2.24, 2.45) is 0 Å². The average Bonchev–Trinajstić information content (AvgIpc) is 3.58. The lowest BCUT2D eigenvalue weighted by Crippen LogP contribution is -2.16. The number of hydrogen-bond acceptors (Lipinski definition) is 8. The van der Waals surface area contributed by atoms with Crippen molar-refractivity contribution in [3.8, 4) is 28.1 Å². The second-order valence-electron chi connectivity index (χ2n) is 9.51. The topological polar surface area (TPSA) is 138 Å². The van der Waals surface area contributed by atoms with Crippen LogP contribution < -0.4 is 15.9 Å². The molecule has 6 rings (SSSR count). The number of nitrogens with one attached hydrogen (secondary N) is 1. The molecule has 0 aliphatic heterocycles. The molecule has 0 aliphatic carbocycles. The fourth-order valence-corrected chi connectivity index (χ4v) is 4.75. The summed E-state index contributed by atoms with van der Waals surface area (Å²) >= 11 is 0. The fraction of sp³-hybridized carbons (Fsp3) is 0.179. The first kappa shape index (κ1) is 25.2. The number of fused-ring (bicyclic) bond motifs is 2. The van der Waals surface area contributed by atoms with Crippen LogP contribution in [0.4, 0.5) is 14.6 Å². The zero-order valence-electron chi connectivity index (χ0n) is 21.6. The quantitative estimate of drug-likeness (QED) is 0.291. The molecule has 0 spiro atoms. The Morgan fingerprint density at radius 1 is 1.05 bits per heavy atom. The van der Waals surface area contributed by atoms with Crippen LogP contribution in [0.2, 0.25) is 0 Å². The molecule has 3 N–H and O–H groups in total. The Balaban J connectivity index is 1.58. The summed E-state index contributed by atoms with van der Waals surface area (Å²) in [6, 6.07) is 7.92. The van der Waals surface area contributed by atoms with Gasteiger partial charge in [0.05, 0.1) is 23.3 Å². The molecule has 0 amide bonds. The molecule has 12 heteroatoms. The standard InChI is InChI=1S/C28H23F2N7O3/c1-13(2)39-19-8-7-15(9-18(19)30)24-23-27(31)32-12-33-28(23)37(36-24)14(3)26-21(16-10-34-35-11-16)25(38)22-17(29)5-4-6-20(22)40-26/h4-14H,1-3H3,(H,34,35)(H2,31,32,33)/t14-/m1/s1. The van der Waals surface area contributed by atoms with Crippen molar-refractivity contribution in [1.82, 2.24) is 29.9 Å². The van der Waals surface area contributed by atoms with Crippen molar-refractivity contribution in [2.75, 3.05) is 5.73 Å². The summed E-state index contributed by atoms with van der Waals surface area (Å²) < 4.78 is 42.9. The second kappa shape index (κ2) is 9.56. The molecule has 10 nitrogen and oxygen atoms in total. The number of ether oxygens (including phenoxy) is 1. The zero-order valence-corrected chi connectivity index (χ0v) is 21.6. The third kappa shape index (κ3) is 4.04. The minimum absolute atomic E-state index is 0.0766. The van der Waals surface area contributed by atoms with E-state index < -0.39 is 23.1 Å². The molecule has 202 valence electrons. The summed E-state index contributed by atoms with van der Waals surface area (Å²) in [6.45, 7) is 5.36. The molecule has 0 unspecified atom stereocenters. The van der Waals surface area contributed by atoms with Gasteiger partial charge in [0, 0.05) is 17.3 Å². The number of nitrogens with zero attached hydrogens (tertiary/aromatic N) is 5. The first-order chi connectivity index (χ1) is 19.2. The van der Waals surface area contributed by atoms with Crippen molar-refractivity contribution < 1.29 is 17.9 Å². The predicted octanol–water partition coefficient (Wildman–Crippen LogP) is 5.25. The lowest BCUT2D eigenvalue weighted by Gasteiger charge is -2.16. The molecular weight excluding hydrogens is 520 g/mol. The van der Waals surface area contributed by atoms with E-state index in [0.29, 0.717) is 27.9 Å². The number of halogens is 2. The zero-order chi connectivity index (χ0) is 28.1. The molecular formula is C28H23F2N7O3. The van der Waals surface area contributed by atoms with Gasteiger partial charge in [0.25, 0.3) is 0 Å². The van der Waals surface area contributed by atoms with E-state index in [1.165, 1.54) is 53.7 Å². The van der Waals surface area contributed by atoms with E-state index in [4.69, 9.17) is 20.0 Å². The molecule has 40 heavy (non-hydrogen) atoms. The van der Waals surface area contributed by atoms with E-state index in [0.717, 1.165) is 0 Å².